The molecule has 2 aromatic heterocycles. The SMILES string of the molecule is N#Cc1c(N)sc2c(F)ccc(-c3c(Cl)cc4c(N5CC[C@@]6(CCN6C(=O)/N=C/N=C(N)Cl)C5)nc(OCC56CCCN5C[C@H](F)C6)nc4c3F)c12. The second-order valence-electron chi connectivity index (χ2n) is 13.7. The third-order valence-electron chi connectivity index (χ3n) is 10.9. The molecular formula is C34H31Cl2F3N10O2S. The van der Waals surface area contributed by atoms with Gasteiger partial charge in [0.15, 0.2) is 11.1 Å². The van der Waals surface area contributed by atoms with E-state index < -0.39 is 34.9 Å². The normalized spacial score (nSPS) is 24.8. The first-order valence-corrected chi connectivity index (χ1v) is 18.2. The second kappa shape index (κ2) is 12.9. The summed E-state index contributed by atoms with van der Waals surface area (Å²) in [5, 5.41) is 10.2. The molecule has 0 bridgehead atoms. The number of nitriles is 1. The van der Waals surface area contributed by atoms with Crippen molar-refractivity contribution in [3.8, 4) is 23.2 Å². The Balaban J connectivity index is 1.22. The van der Waals surface area contributed by atoms with Crippen LogP contribution in [0.15, 0.2) is 28.2 Å². The molecule has 52 heavy (non-hydrogen) atoms. The van der Waals surface area contributed by atoms with Crippen molar-refractivity contribution in [1.82, 2.24) is 19.8 Å². The number of ether oxygens (including phenoxy) is 1. The third-order valence-corrected chi connectivity index (χ3v) is 12.3. The van der Waals surface area contributed by atoms with Crippen LogP contribution in [0.2, 0.25) is 5.02 Å². The van der Waals surface area contributed by atoms with Gasteiger partial charge in [-0.1, -0.05) is 17.7 Å². The quantitative estimate of drug-likeness (QED) is 0.132. The zero-order valence-electron chi connectivity index (χ0n) is 27.5. The molecule has 3 atom stereocenters. The lowest BCUT2D eigenvalue weighted by atomic mass is 9.84. The molecular weight excluding hydrogens is 740 g/mol. The van der Waals surface area contributed by atoms with Crippen molar-refractivity contribution in [2.75, 3.05) is 50.0 Å². The molecule has 0 saturated carbocycles. The predicted octanol–water partition coefficient (Wildman–Crippen LogP) is 6.21. The molecule has 4 aliphatic rings. The number of likely N-dealkylation sites (tertiary alicyclic amines) is 1. The van der Waals surface area contributed by atoms with E-state index >= 15 is 4.39 Å². The third kappa shape index (κ3) is 5.56. The number of nitrogen functional groups attached to an aromatic ring is 1. The lowest BCUT2D eigenvalue weighted by Gasteiger charge is -2.49. The Labute approximate surface area is 309 Å². The number of urea groups is 1. The molecule has 270 valence electrons. The number of fused-ring (bicyclic) bond motifs is 3. The predicted molar refractivity (Wildman–Crippen MR) is 195 cm³/mol. The van der Waals surface area contributed by atoms with Gasteiger partial charge in [0.05, 0.1) is 26.4 Å². The van der Waals surface area contributed by atoms with Gasteiger partial charge in [-0.3, -0.25) is 4.90 Å². The molecule has 1 unspecified atom stereocenters. The number of hydrogen-bond donors (Lipinski definition) is 2. The number of anilines is 2. The van der Waals surface area contributed by atoms with E-state index in [0.29, 0.717) is 51.3 Å². The van der Waals surface area contributed by atoms with E-state index in [9.17, 15) is 18.8 Å². The van der Waals surface area contributed by atoms with Crippen molar-refractivity contribution in [2.45, 2.75) is 49.4 Å². The second-order valence-corrected chi connectivity index (χ2v) is 15.5. The number of aromatic nitrogens is 2. The number of halogens is 5. The van der Waals surface area contributed by atoms with Gasteiger partial charge < -0.3 is 26.0 Å². The number of nitrogens with two attached hydrogens (primary N) is 2. The number of rotatable bonds is 6. The van der Waals surface area contributed by atoms with Crippen LogP contribution in [-0.2, 0) is 0 Å². The van der Waals surface area contributed by atoms with E-state index in [2.05, 4.69) is 19.9 Å². The Kier molecular flexibility index (Phi) is 8.60. The highest BCUT2D eigenvalue weighted by atomic mass is 35.5. The number of amides is 2. The fourth-order valence-corrected chi connectivity index (χ4v) is 9.66. The summed E-state index contributed by atoms with van der Waals surface area (Å²) < 4.78 is 53.0. The average molecular weight is 772 g/mol. The molecule has 4 N–H and O–H groups in total. The number of amidine groups is 1. The largest absolute Gasteiger partial charge is 0.461 e. The van der Waals surface area contributed by atoms with Crippen molar-refractivity contribution in [3.63, 3.8) is 0 Å². The molecule has 2 amide bonds. The minimum Gasteiger partial charge on any atom is -0.461 e. The number of aliphatic imine (C=N–C) groups is 2. The fraction of sp³-hybridized carbons (Fsp3) is 0.412. The van der Waals surface area contributed by atoms with Gasteiger partial charge in [0.25, 0.3) is 0 Å². The number of benzene rings is 2. The first-order valence-electron chi connectivity index (χ1n) is 16.6. The summed E-state index contributed by atoms with van der Waals surface area (Å²) in [7, 11) is 0. The maximum Gasteiger partial charge on any atom is 0.345 e. The van der Waals surface area contributed by atoms with Gasteiger partial charge in [0.1, 0.15) is 47.3 Å². The van der Waals surface area contributed by atoms with Crippen molar-refractivity contribution < 1.29 is 22.7 Å². The van der Waals surface area contributed by atoms with Crippen LogP contribution < -0.4 is 21.1 Å². The van der Waals surface area contributed by atoms with Crippen LogP contribution in [-0.4, -0.2) is 94.0 Å². The molecule has 1 spiro atoms. The van der Waals surface area contributed by atoms with Crippen LogP contribution in [0, 0.1) is 23.0 Å². The lowest BCUT2D eigenvalue weighted by molar-refractivity contribution is 0.0460. The molecule has 4 aromatic rings. The summed E-state index contributed by atoms with van der Waals surface area (Å²) in [5.74, 6) is -1.10. The summed E-state index contributed by atoms with van der Waals surface area (Å²) in [6, 6.07) is 5.49. The maximum absolute atomic E-state index is 17.1. The number of thiophene rings is 1. The Morgan fingerprint density at radius 2 is 2.04 bits per heavy atom. The van der Waals surface area contributed by atoms with Gasteiger partial charge in [-0.15, -0.1) is 11.3 Å². The van der Waals surface area contributed by atoms with Crippen molar-refractivity contribution in [2.24, 2.45) is 15.7 Å². The summed E-state index contributed by atoms with van der Waals surface area (Å²) in [5.41, 5.74) is 10.3. The number of nitrogens with zero attached hydrogens (tertiary/aromatic N) is 8. The lowest BCUT2D eigenvalue weighted by Crippen LogP contribution is -2.62. The summed E-state index contributed by atoms with van der Waals surface area (Å²) >= 11 is 13.3. The molecule has 18 heteroatoms. The fourth-order valence-electron chi connectivity index (χ4n) is 8.37. The smallest absolute Gasteiger partial charge is 0.345 e. The molecule has 6 heterocycles. The highest BCUT2D eigenvalue weighted by Crippen LogP contribution is 2.48. The Hall–Kier alpha value is -4.43. The number of hydrogen-bond acceptors (Lipinski definition) is 9. The van der Waals surface area contributed by atoms with Gasteiger partial charge in [0, 0.05) is 48.9 Å². The summed E-state index contributed by atoms with van der Waals surface area (Å²) in [6.45, 7) is 2.47. The van der Waals surface area contributed by atoms with Gasteiger partial charge >= 0.3 is 12.0 Å². The van der Waals surface area contributed by atoms with E-state index in [-0.39, 0.29) is 65.6 Å². The zero-order valence-corrected chi connectivity index (χ0v) is 29.8. The van der Waals surface area contributed by atoms with E-state index in [1.54, 1.807) is 11.0 Å². The Morgan fingerprint density at radius 1 is 1.23 bits per heavy atom. The highest BCUT2D eigenvalue weighted by molar-refractivity contribution is 7.23. The van der Waals surface area contributed by atoms with Crippen molar-refractivity contribution >= 4 is 84.0 Å². The topological polar surface area (TPSA) is 162 Å². The average Bonchev–Trinajstić information content (AvgIpc) is 3.86. The molecule has 8 rings (SSSR count). The highest BCUT2D eigenvalue weighted by Gasteiger charge is 2.52. The van der Waals surface area contributed by atoms with E-state index in [4.69, 9.17) is 44.4 Å². The monoisotopic (exact) mass is 770 g/mol. The Bertz CT molecular complexity index is 2260. The van der Waals surface area contributed by atoms with Gasteiger partial charge in [-0.2, -0.15) is 20.2 Å². The first-order chi connectivity index (χ1) is 24.9. The van der Waals surface area contributed by atoms with Crippen molar-refractivity contribution in [1.29, 1.82) is 5.26 Å². The van der Waals surface area contributed by atoms with Gasteiger partial charge in [-0.05, 0) is 61.5 Å². The first kappa shape index (κ1) is 34.6. The van der Waals surface area contributed by atoms with Gasteiger partial charge in [-0.25, -0.2) is 23.0 Å². The molecule has 4 aliphatic heterocycles. The molecule has 0 radical (unpaired) electrons. The minimum absolute atomic E-state index is 0.0183. The molecule has 4 fully saturated rings. The zero-order chi connectivity index (χ0) is 36.5. The molecule has 0 aliphatic carbocycles. The van der Waals surface area contributed by atoms with Crippen molar-refractivity contribution in [3.05, 3.63) is 40.4 Å². The standard InChI is InChI=1S/C34H31Cl2F3N10O2S/c35-21-10-19-26(25(39)24(21)18-2-3-22(38)27-23(18)20(12-40)28(41)52-27)45-31(51-15-34-4-1-7-48(34)13-17(37)11-34)46-29(19)47-8-5-33(14-47)6-9-49(33)32(50)44-16-43-30(36)42/h2-3,10,16-17H,1,4-9,11,13-15,41H2,(H2,42,43,44,50)/t17-,33-,34?/m1/s1. The Morgan fingerprint density at radius 3 is 2.79 bits per heavy atom. The maximum atomic E-state index is 17.1. The number of carbonyl (C=O) groups is 1. The molecule has 4 saturated heterocycles. The summed E-state index contributed by atoms with van der Waals surface area (Å²) in [4.78, 5) is 35.5. The van der Waals surface area contributed by atoms with E-state index in [1.807, 2.05) is 11.0 Å². The molecule has 12 nitrogen and oxygen atoms in total. The minimum atomic E-state index is -0.978. The van der Waals surface area contributed by atoms with Crippen LogP contribution in [0.5, 0.6) is 6.01 Å². The van der Waals surface area contributed by atoms with Crippen LogP contribution in [0.1, 0.15) is 37.7 Å². The van der Waals surface area contributed by atoms with Crippen LogP contribution in [0.25, 0.3) is 32.1 Å². The molecule has 2 aromatic carbocycles. The van der Waals surface area contributed by atoms with Crippen LogP contribution in [0.4, 0.5) is 28.8 Å². The van der Waals surface area contributed by atoms with Crippen LogP contribution >= 0.6 is 34.5 Å². The number of alkyl halides is 1. The summed E-state index contributed by atoms with van der Waals surface area (Å²) in [6.07, 6.45) is 3.27. The van der Waals surface area contributed by atoms with Crippen LogP contribution in [0.3, 0.4) is 0 Å². The van der Waals surface area contributed by atoms with Gasteiger partial charge in [0.2, 0.25) is 0 Å². The van der Waals surface area contributed by atoms with E-state index in [1.165, 1.54) is 12.1 Å². The van der Waals surface area contributed by atoms with E-state index in [0.717, 1.165) is 37.1 Å². The number of carbonyl (C=O) groups excluding carboxylic acids is 1.